The van der Waals surface area contributed by atoms with Crippen molar-refractivity contribution in [3.63, 3.8) is 0 Å². The molecule has 2 N–H and O–H groups in total. The molecule has 14 heavy (non-hydrogen) atoms. The van der Waals surface area contributed by atoms with Crippen LogP contribution in [0, 0.1) is 0 Å². The summed E-state index contributed by atoms with van der Waals surface area (Å²) < 4.78 is 4.21. The van der Waals surface area contributed by atoms with Crippen LogP contribution < -0.4 is 0 Å². The minimum absolute atomic E-state index is 0.188. The summed E-state index contributed by atoms with van der Waals surface area (Å²) in [6.45, 7) is 0. The molecule has 0 bridgehead atoms. The van der Waals surface area contributed by atoms with Gasteiger partial charge in [-0.2, -0.15) is 0 Å². The highest BCUT2D eigenvalue weighted by atomic mass is 16.7. The number of carbonyl (C=O) groups excluding carboxylic acids is 1. The summed E-state index contributed by atoms with van der Waals surface area (Å²) in [4.78, 5) is 21.3. The summed E-state index contributed by atoms with van der Waals surface area (Å²) in [7, 11) is 0. The fourth-order valence-electron chi connectivity index (χ4n) is 0.794. The van der Waals surface area contributed by atoms with Gasteiger partial charge in [0.1, 0.15) is 0 Å². The van der Waals surface area contributed by atoms with Crippen LogP contribution in [0.15, 0.2) is 30.3 Å². The number of aliphatic carboxylic acids is 1. The summed E-state index contributed by atoms with van der Waals surface area (Å²) >= 11 is 0. The van der Waals surface area contributed by atoms with Crippen LogP contribution in [0.5, 0.6) is 0 Å². The van der Waals surface area contributed by atoms with Crippen molar-refractivity contribution in [1.82, 2.24) is 0 Å². The zero-order valence-electron chi connectivity index (χ0n) is 7.08. The predicted molar refractivity (Wildman–Crippen MR) is 45.5 cm³/mol. The minimum atomic E-state index is -2.12. The Kier molecular flexibility index (Phi) is 3.19. The average Bonchev–Trinajstić information content (AvgIpc) is 2.19. The molecule has 1 aromatic carbocycles. The molecule has 0 radical (unpaired) electrons. The highest BCUT2D eigenvalue weighted by Crippen LogP contribution is 2.02. The standard InChI is InChI=1S/C9H8O5/c10-7(11)9(13)14-8(12)6-4-2-1-3-5-6/h1-5,9,13H,(H,10,11). The molecule has 1 rings (SSSR count). The summed E-state index contributed by atoms with van der Waals surface area (Å²) in [6, 6.07) is 7.81. The van der Waals surface area contributed by atoms with Crippen molar-refractivity contribution in [2.75, 3.05) is 0 Å². The predicted octanol–water partition coefficient (Wildman–Crippen LogP) is 0.246. The number of rotatable bonds is 3. The van der Waals surface area contributed by atoms with Crippen molar-refractivity contribution in [1.29, 1.82) is 0 Å². The Hall–Kier alpha value is -1.88. The second-order valence-electron chi connectivity index (χ2n) is 2.46. The molecule has 0 saturated carbocycles. The summed E-state index contributed by atoms with van der Waals surface area (Å²) in [5.74, 6) is -2.48. The fourth-order valence-corrected chi connectivity index (χ4v) is 0.794. The normalized spacial score (nSPS) is 11.8. The van der Waals surface area contributed by atoms with Gasteiger partial charge in [-0.15, -0.1) is 0 Å². The lowest BCUT2D eigenvalue weighted by Gasteiger charge is -2.06. The Balaban J connectivity index is 2.64. The molecule has 0 fully saturated rings. The maximum absolute atomic E-state index is 11.1. The van der Waals surface area contributed by atoms with E-state index < -0.39 is 18.2 Å². The summed E-state index contributed by atoms with van der Waals surface area (Å²) in [6.07, 6.45) is -2.12. The second-order valence-corrected chi connectivity index (χ2v) is 2.46. The van der Waals surface area contributed by atoms with Crippen molar-refractivity contribution in [2.24, 2.45) is 0 Å². The number of esters is 1. The number of aliphatic hydroxyl groups is 1. The number of hydrogen-bond donors (Lipinski definition) is 2. The highest BCUT2D eigenvalue weighted by Gasteiger charge is 2.19. The van der Waals surface area contributed by atoms with Gasteiger partial charge < -0.3 is 14.9 Å². The van der Waals surface area contributed by atoms with Crippen LogP contribution >= 0.6 is 0 Å². The van der Waals surface area contributed by atoms with Gasteiger partial charge in [0.2, 0.25) is 0 Å². The van der Waals surface area contributed by atoms with Crippen molar-refractivity contribution < 1.29 is 24.5 Å². The average molecular weight is 196 g/mol. The number of benzene rings is 1. The lowest BCUT2D eigenvalue weighted by molar-refractivity contribution is -0.167. The molecule has 5 heteroatoms. The van der Waals surface area contributed by atoms with Gasteiger partial charge in [0, 0.05) is 0 Å². The largest absolute Gasteiger partial charge is 0.477 e. The van der Waals surface area contributed by atoms with Gasteiger partial charge in [-0.25, -0.2) is 9.59 Å². The van der Waals surface area contributed by atoms with E-state index in [1.807, 2.05) is 0 Å². The van der Waals surface area contributed by atoms with Gasteiger partial charge in [-0.1, -0.05) is 18.2 Å². The molecule has 1 atom stereocenters. The molecular formula is C9H8O5. The monoisotopic (exact) mass is 196 g/mol. The molecule has 1 unspecified atom stereocenters. The maximum Gasteiger partial charge on any atom is 0.373 e. The zero-order chi connectivity index (χ0) is 10.6. The summed E-state index contributed by atoms with van der Waals surface area (Å²) in [5, 5.41) is 17.0. The molecule has 0 aliphatic heterocycles. The van der Waals surface area contributed by atoms with E-state index in [0.717, 1.165) is 0 Å². The first-order valence-corrected chi connectivity index (χ1v) is 3.78. The Bertz CT molecular complexity index is 332. The lowest BCUT2D eigenvalue weighted by atomic mass is 10.2. The Morgan fingerprint density at radius 2 is 1.79 bits per heavy atom. The van der Waals surface area contributed by atoms with Crippen LogP contribution in [0.1, 0.15) is 10.4 Å². The van der Waals surface area contributed by atoms with Gasteiger partial charge in [0.25, 0.3) is 6.29 Å². The van der Waals surface area contributed by atoms with Crippen molar-refractivity contribution in [2.45, 2.75) is 6.29 Å². The van der Waals surface area contributed by atoms with E-state index in [-0.39, 0.29) is 5.56 Å². The smallest absolute Gasteiger partial charge is 0.373 e. The highest BCUT2D eigenvalue weighted by molar-refractivity contribution is 5.90. The first kappa shape index (κ1) is 10.2. The molecule has 0 aliphatic carbocycles. The van der Waals surface area contributed by atoms with Gasteiger partial charge in [-0.05, 0) is 12.1 Å². The fraction of sp³-hybridized carbons (Fsp3) is 0.111. The molecule has 1 aromatic rings. The topological polar surface area (TPSA) is 83.8 Å². The number of carboxylic acids is 1. The number of carboxylic acid groups (broad SMARTS) is 1. The SMILES string of the molecule is O=C(OC(O)C(=O)O)c1ccccc1. The molecule has 0 aliphatic rings. The van der Waals surface area contributed by atoms with E-state index in [1.54, 1.807) is 18.2 Å². The summed E-state index contributed by atoms with van der Waals surface area (Å²) in [5.41, 5.74) is 0.188. The number of aliphatic hydroxyl groups excluding tert-OH is 1. The molecule has 0 amide bonds. The van der Waals surface area contributed by atoms with Crippen LogP contribution in [0.4, 0.5) is 0 Å². The van der Waals surface area contributed by atoms with E-state index in [2.05, 4.69) is 4.74 Å². The Labute approximate surface area is 79.6 Å². The van der Waals surface area contributed by atoms with Crippen LogP contribution in [-0.4, -0.2) is 28.4 Å². The second kappa shape index (κ2) is 4.38. The van der Waals surface area contributed by atoms with Crippen LogP contribution in [-0.2, 0) is 9.53 Å². The first-order chi connectivity index (χ1) is 6.61. The molecule has 0 heterocycles. The van der Waals surface area contributed by atoms with Crippen molar-refractivity contribution in [3.8, 4) is 0 Å². The van der Waals surface area contributed by atoms with Crippen LogP contribution in [0.2, 0.25) is 0 Å². The Morgan fingerprint density at radius 3 is 2.29 bits per heavy atom. The van der Waals surface area contributed by atoms with E-state index in [0.29, 0.717) is 0 Å². The number of ether oxygens (including phenoxy) is 1. The third-order valence-electron chi connectivity index (χ3n) is 1.44. The Morgan fingerprint density at radius 1 is 1.21 bits per heavy atom. The molecule has 74 valence electrons. The third kappa shape index (κ3) is 2.56. The van der Waals surface area contributed by atoms with Crippen LogP contribution in [0.3, 0.4) is 0 Å². The van der Waals surface area contributed by atoms with Gasteiger partial charge in [0.15, 0.2) is 0 Å². The van der Waals surface area contributed by atoms with E-state index in [1.165, 1.54) is 12.1 Å². The lowest BCUT2D eigenvalue weighted by Crippen LogP contribution is -2.26. The number of carbonyl (C=O) groups is 2. The van der Waals surface area contributed by atoms with E-state index in [9.17, 15) is 9.59 Å². The molecular weight excluding hydrogens is 188 g/mol. The van der Waals surface area contributed by atoms with E-state index in [4.69, 9.17) is 10.2 Å². The molecule has 5 nitrogen and oxygen atoms in total. The maximum atomic E-state index is 11.1. The van der Waals surface area contributed by atoms with Gasteiger partial charge in [0.05, 0.1) is 5.56 Å². The van der Waals surface area contributed by atoms with Crippen molar-refractivity contribution >= 4 is 11.9 Å². The third-order valence-corrected chi connectivity index (χ3v) is 1.44. The first-order valence-electron chi connectivity index (χ1n) is 3.78. The van der Waals surface area contributed by atoms with Gasteiger partial charge in [-0.3, -0.25) is 0 Å². The molecule has 0 spiro atoms. The molecule has 0 aromatic heterocycles. The van der Waals surface area contributed by atoms with Crippen molar-refractivity contribution in [3.05, 3.63) is 35.9 Å². The van der Waals surface area contributed by atoms with Crippen LogP contribution in [0.25, 0.3) is 0 Å². The van der Waals surface area contributed by atoms with Gasteiger partial charge >= 0.3 is 11.9 Å². The quantitative estimate of drug-likeness (QED) is 0.534. The minimum Gasteiger partial charge on any atom is -0.477 e. The molecule has 0 saturated heterocycles. The zero-order valence-corrected chi connectivity index (χ0v) is 7.08. The van der Waals surface area contributed by atoms with E-state index >= 15 is 0 Å². The number of hydrogen-bond acceptors (Lipinski definition) is 4.